The lowest BCUT2D eigenvalue weighted by Crippen LogP contribution is -2.39. The molecular weight excluding hydrogens is 437 g/mol. The monoisotopic (exact) mass is 453 g/mol. The van der Waals surface area contributed by atoms with Gasteiger partial charge in [-0.05, 0) is 36.8 Å². The lowest BCUT2D eigenvalue weighted by Gasteiger charge is -2.34. The summed E-state index contributed by atoms with van der Waals surface area (Å²) in [6, 6.07) is 12.3. The highest BCUT2D eigenvalue weighted by atomic mass is 79.9. The molecule has 0 spiro atoms. The molecular formula is C20H17BrFN7. The number of fused-ring (bicyclic) bond motifs is 2. The van der Waals surface area contributed by atoms with E-state index in [9.17, 15) is 4.39 Å². The Morgan fingerprint density at radius 3 is 2.86 bits per heavy atom. The Kier molecular flexibility index (Phi) is 4.29. The van der Waals surface area contributed by atoms with E-state index in [-0.39, 0.29) is 24.0 Å². The maximum absolute atomic E-state index is 13.6. The van der Waals surface area contributed by atoms with Crippen molar-refractivity contribution in [1.29, 1.82) is 0 Å². The predicted octanol–water partition coefficient (Wildman–Crippen LogP) is 3.45. The number of aryl methyl sites for hydroxylation is 1. The minimum absolute atomic E-state index is 0.126. The molecule has 5 rings (SSSR count). The second-order valence-corrected chi connectivity index (χ2v) is 7.90. The molecule has 29 heavy (non-hydrogen) atoms. The number of benzene rings is 2. The average molecular weight is 454 g/mol. The fourth-order valence-electron chi connectivity index (χ4n) is 3.96. The summed E-state index contributed by atoms with van der Waals surface area (Å²) in [5, 5.41) is 12.3. The predicted molar refractivity (Wildman–Crippen MR) is 111 cm³/mol. The van der Waals surface area contributed by atoms with Gasteiger partial charge in [0.25, 0.3) is 0 Å². The molecule has 1 aliphatic heterocycles. The van der Waals surface area contributed by atoms with Crippen molar-refractivity contribution in [3.05, 3.63) is 75.3 Å². The Morgan fingerprint density at radius 2 is 2.03 bits per heavy atom. The van der Waals surface area contributed by atoms with Crippen LogP contribution in [0.25, 0.3) is 11.0 Å². The first-order valence-corrected chi connectivity index (χ1v) is 9.94. The number of anilines is 1. The van der Waals surface area contributed by atoms with Crippen molar-refractivity contribution < 1.29 is 4.39 Å². The topological polar surface area (TPSA) is 94.5 Å². The third-order valence-electron chi connectivity index (χ3n) is 5.22. The van der Waals surface area contributed by atoms with Crippen molar-refractivity contribution in [2.24, 2.45) is 0 Å². The molecule has 0 saturated heterocycles. The number of halogens is 2. The average Bonchev–Trinajstić information content (AvgIpc) is 3.11. The van der Waals surface area contributed by atoms with Gasteiger partial charge in [0.1, 0.15) is 17.5 Å². The first kappa shape index (κ1) is 18.1. The highest BCUT2D eigenvalue weighted by Crippen LogP contribution is 2.37. The van der Waals surface area contributed by atoms with E-state index >= 15 is 0 Å². The van der Waals surface area contributed by atoms with Gasteiger partial charge in [-0.15, -0.1) is 5.10 Å². The number of hydrogen-bond donors (Lipinski definition) is 2. The normalized spacial score (nSPS) is 18.7. The summed E-state index contributed by atoms with van der Waals surface area (Å²) in [6.07, 6.45) is 0.254. The molecule has 0 radical (unpaired) electrons. The fourth-order valence-corrected chi connectivity index (χ4v) is 4.58. The van der Waals surface area contributed by atoms with Gasteiger partial charge in [0.2, 0.25) is 5.95 Å². The molecule has 9 heteroatoms. The molecule has 0 aliphatic carbocycles. The Balaban J connectivity index is 1.69. The molecule has 3 heterocycles. The van der Waals surface area contributed by atoms with E-state index in [1.165, 1.54) is 12.1 Å². The number of nitrogens with one attached hydrogen (secondary N) is 1. The smallest absolute Gasteiger partial charge is 0.220 e. The minimum Gasteiger partial charge on any atom is -0.368 e. The van der Waals surface area contributed by atoms with Gasteiger partial charge in [0.05, 0.1) is 11.2 Å². The SMILES string of the molecule is Cc1nc(N)nc2c1C(n1nnc3ccccc31)N[C@@H](c1ccc(F)cc1Br)C2. The summed E-state index contributed by atoms with van der Waals surface area (Å²) in [6.45, 7) is 1.92. The van der Waals surface area contributed by atoms with Gasteiger partial charge < -0.3 is 5.73 Å². The summed E-state index contributed by atoms with van der Waals surface area (Å²) in [7, 11) is 0. The van der Waals surface area contributed by atoms with Crippen LogP contribution in [0.3, 0.4) is 0 Å². The summed E-state index contributed by atoms with van der Waals surface area (Å²) < 4.78 is 16.2. The zero-order valence-corrected chi connectivity index (χ0v) is 17.1. The quantitative estimate of drug-likeness (QED) is 0.482. The fraction of sp³-hybridized carbons (Fsp3) is 0.200. The summed E-state index contributed by atoms with van der Waals surface area (Å²) >= 11 is 3.49. The summed E-state index contributed by atoms with van der Waals surface area (Å²) in [5.41, 5.74) is 11.1. The number of para-hydroxylation sites is 1. The Hall–Kier alpha value is -2.91. The van der Waals surface area contributed by atoms with Crippen LogP contribution in [-0.4, -0.2) is 25.0 Å². The zero-order chi connectivity index (χ0) is 20.1. The van der Waals surface area contributed by atoms with Crippen molar-refractivity contribution >= 4 is 32.9 Å². The molecule has 0 saturated carbocycles. The molecule has 3 N–H and O–H groups in total. The number of nitrogens with two attached hydrogens (primary N) is 1. The maximum atomic E-state index is 13.6. The number of rotatable bonds is 2. The highest BCUT2D eigenvalue weighted by Gasteiger charge is 2.34. The molecule has 7 nitrogen and oxygen atoms in total. The van der Waals surface area contributed by atoms with E-state index in [2.05, 4.69) is 41.5 Å². The van der Waals surface area contributed by atoms with Crippen LogP contribution in [0.2, 0.25) is 0 Å². The lowest BCUT2D eigenvalue weighted by atomic mass is 9.92. The zero-order valence-electron chi connectivity index (χ0n) is 15.5. The largest absolute Gasteiger partial charge is 0.368 e. The second kappa shape index (κ2) is 6.85. The van der Waals surface area contributed by atoms with E-state index < -0.39 is 0 Å². The molecule has 0 fully saturated rings. The molecule has 1 unspecified atom stereocenters. The second-order valence-electron chi connectivity index (χ2n) is 7.04. The number of nitrogen functional groups attached to an aromatic ring is 1. The van der Waals surface area contributed by atoms with Crippen LogP contribution in [0.5, 0.6) is 0 Å². The van der Waals surface area contributed by atoms with Crippen LogP contribution < -0.4 is 11.1 Å². The van der Waals surface area contributed by atoms with Crippen molar-refractivity contribution in [1.82, 2.24) is 30.3 Å². The van der Waals surface area contributed by atoms with Crippen LogP contribution in [0.15, 0.2) is 46.9 Å². The number of nitrogens with zero attached hydrogens (tertiary/aromatic N) is 5. The van der Waals surface area contributed by atoms with Crippen LogP contribution in [0.1, 0.15) is 34.7 Å². The third kappa shape index (κ3) is 3.06. The summed E-state index contributed by atoms with van der Waals surface area (Å²) in [5.74, 6) is -0.0552. The molecule has 4 aromatic rings. The van der Waals surface area contributed by atoms with E-state index in [1.807, 2.05) is 35.9 Å². The van der Waals surface area contributed by atoms with E-state index in [0.717, 1.165) is 33.5 Å². The molecule has 0 amide bonds. The first-order valence-electron chi connectivity index (χ1n) is 9.15. The first-order chi connectivity index (χ1) is 14.0. The number of hydrogen-bond acceptors (Lipinski definition) is 6. The van der Waals surface area contributed by atoms with Gasteiger partial charge in [0.15, 0.2) is 0 Å². The van der Waals surface area contributed by atoms with Gasteiger partial charge >= 0.3 is 0 Å². The van der Waals surface area contributed by atoms with Crippen LogP contribution in [0.4, 0.5) is 10.3 Å². The number of aromatic nitrogens is 5. The maximum Gasteiger partial charge on any atom is 0.220 e. The van der Waals surface area contributed by atoms with Crippen LogP contribution >= 0.6 is 15.9 Å². The Morgan fingerprint density at radius 1 is 1.21 bits per heavy atom. The van der Waals surface area contributed by atoms with Gasteiger partial charge in [-0.25, -0.2) is 19.0 Å². The molecule has 2 aromatic carbocycles. The van der Waals surface area contributed by atoms with Gasteiger partial charge in [-0.2, -0.15) is 0 Å². The molecule has 1 aliphatic rings. The Labute approximate surface area is 174 Å². The van der Waals surface area contributed by atoms with Crippen molar-refractivity contribution in [3.63, 3.8) is 0 Å². The van der Waals surface area contributed by atoms with Gasteiger partial charge in [0, 0.05) is 28.2 Å². The van der Waals surface area contributed by atoms with E-state index in [1.54, 1.807) is 6.07 Å². The van der Waals surface area contributed by atoms with E-state index in [4.69, 9.17) is 5.73 Å². The van der Waals surface area contributed by atoms with Crippen LogP contribution in [0, 0.1) is 12.7 Å². The molecule has 2 aromatic heterocycles. The van der Waals surface area contributed by atoms with Crippen molar-refractivity contribution in [2.75, 3.05) is 5.73 Å². The third-order valence-corrected chi connectivity index (χ3v) is 5.91. The van der Waals surface area contributed by atoms with Gasteiger partial charge in [-0.1, -0.05) is 39.3 Å². The van der Waals surface area contributed by atoms with Gasteiger partial charge in [-0.3, -0.25) is 5.32 Å². The van der Waals surface area contributed by atoms with E-state index in [0.29, 0.717) is 10.9 Å². The highest BCUT2D eigenvalue weighted by molar-refractivity contribution is 9.10. The molecule has 0 bridgehead atoms. The molecule has 2 atom stereocenters. The lowest BCUT2D eigenvalue weighted by molar-refractivity contribution is 0.342. The van der Waals surface area contributed by atoms with Crippen molar-refractivity contribution in [3.8, 4) is 0 Å². The summed E-state index contributed by atoms with van der Waals surface area (Å²) in [4.78, 5) is 8.87. The standard InChI is InChI=1S/C20H17BrFN7/c1-10-18-16(26-20(23)24-10)9-15(12-7-6-11(22)8-13(12)21)25-19(18)29-17-5-3-2-4-14(17)27-28-29/h2-8,15,19,25H,9H2,1H3,(H2,23,24,26)/t15-,19?/m1/s1. The Bertz CT molecular complexity index is 1240. The molecule has 146 valence electrons. The van der Waals surface area contributed by atoms with Crippen molar-refractivity contribution in [2.45, 2.75) is 25.6 Å². The van der Waals surface area contributed by atoms with Crippen LogP contribution in [-0.2, 0) is 6.42 Å². The minimum atomic E-state index is -0.339.